The molecule has 0 spiro atoms. The molecule has 0 saturated carbocycles. The Bertz CT molecular complexity index is 442. The van der Waals surface area contributed by atoms with Crippen molar-refractivity contribution in [1.29, 1.82) is 0 Å². The highest BCUT2D eigenvalue weighted by Crippen LogP contribution is 2.31. The number of rotatable bonds is 6. The van der Waals surface area contributed by atoms with Gasteiger partial charge in [0.1, 0.15) is 0 Å². The number of nitrogens with zero attached hydrogens (tertiary/aromatic N) is 1. The van der Waals surface area contributed by atoms with Gasteiger partial charge < -0.3 is 10.2 Å². The Morgan fingerprint density at radius 2 is 1.80 bits per heavy atom. The van der Waals surface area contributed by atoms with Crippen LogP contribution in [0, 0.1) is 0 Å². The molecule has 0 bridgehead atoms. The quantitative estimate of drug-likeness (QED) is 0.873. The number of carbonyl (C=O) groups excluding carboxylic acids is 1. The van der Waals surface area contributed by atoms with E-state index in [9.17, 15) is 18.0 Å². The summed E-state index contributed by atoms with van der Waals surface area (Å²) < 4.78 is 38.3. The van der Waals surface area contributed by atoms with E-state index in [4.69, 9.17) is 0 Å². The van der Waals surface area contributed by atoms with Crippen molar-refractivity contribution in [1.82, 2.24) is 10.2 Å². The molecule has 0 fully saturated rings. The molecule has 0 radical (unpaired) electrons. The highest BCUT2D eigenvalue weighted by atomic mass is 19.4. The van der Waals surface area contributed by atoms with Crippen molar-refractivity contribution in [2.24, 2.45) is 0 Å². The average Bonchev–Trinajstić information content (AvgIpc) is 2.42. The van der Waals surface area contributed by atoms with E-state index in [1.165, 1.54) is 18.2 Å². The zero-order valence-corrected chi connectivity index (χ0v) is 11.6. The molecule has 0 heterocycles. The fraction of sp³-hybridized carbons (Fsp3) is 0.500. The van der Waals surface area contributed by atoms with Crippen molar-refractivity contribution in [3.05, 3.63) is 35.4 Å². The summed E-state index contributed by atoms with van der Waals surface area (Å²) in [4.78, 5) is 13.9. The molecule has 1 aromatic rings. The number of nitrogens with one attached hydrogen (secondary N) is 1. The van der Waals surface area contributed by atoms with E-state index in [2.05, 4.69) is 10.2 Å². The molecule has 0 aliphatic carbocycles. The second-order valence-corrected chi connectivity index (χ2v) is 4.33. The van der Waals surface area contributed by atoms with Gasteiger partial charge in [-0.15, -0.1) is 0 Å². The van der Waals surface area contributed by atoms with Crippen molar-refractivity contribution in [3.63, 3.8) is 0 Å². The molecule has 20 heavy (non-hydrogen) atoms. The van der Waals surface area contributed by atoms with E-state index < -0.39 is 17.6 Å². The van der Waals surface area contributed by atoms with Crippen LogP contribution >= 0.6 is 0 Å². The molecule has 1 amide bonds. The van der Waals surface area contributed by atoms with Gasteiger partial charge in [-0.3, -0.25) is 4.79 Å². The fourth-order valence-electron chi connectivity index (χ4n) is 1.89. The van der Waals surface area contributed by atoms with Crippen LogP contribution in [0.3, 0.4) is 0 Å². The maximum atomic E-state index is 12.8. The maximum absolute atomic E-state index is 12.8. The van der Waals surface area contributed by atoms with Crippen molar-refractivity contribution >= 4 is 5.91 Å². The minimum Gasteiger partial charge on any atom is -0.351 e. The van der Waals surface area contributed by atoms with E-state index in [0.29, 0.717) is 13.1 Å². The first-order valence-corrected chi connectivity index (χ1v) is 6.56. The molecule has 1 N–H and O–H groups in total. The van der Waals surface area contributed by atoms with Crippen LogP contribution < -0.4 is 5.32 Å². The van der Waals surface area contributed by atoms with Crippen molar-refractivity contribution in [3.8, 4) is 0 Å². The van der Waals surface area contributed by atoms with Crippen LogP contribution in [0.1, 0.15) is 29.8 Å². The van der Waals surface area contributed by atoms with E-state index in [1.54, 1.807) is 0 Å². The number of alkyl halides is 3. The summed E-state index contributed by atoms with van der Waals surface area (Å²) in [5, 5.41) is 2.53. The lowest BCUT2D eigenvalue weighted by molar-refractivity contribution is -0.137. The molecule has 0 unspecified atom stereocenters. The number of halogens is 3. The molecule has 3 nitrogen and oxygen atoms in total. The lowest BCUT2D eigenvalue weighted by Gasteiger charge is -2.18. The molecular formula is C14H19F3N2O. The third-order valence-electron chi connectivity index (χ3n) is 3.09. The highest BCUT2D eigenvalue weighted by Gasteiger charge is 2.34. The van der Waals surface area contributed by atoms with E-state index >= 15 is 0 Å². The third kappa shape index (κ3) is 4.52. The van der Waals surface area contributed by atoms with Crippen molar-refractivity contribution in [2.45, 2.75) is 20.0 Å². The van der Waals surface area contributed by atoms with Crippen molar-refractivity contribution in [2.75, 3.05) is 26.2 Å². The largest absolute Gasteiger partial charge is 0.417 e. The van der Waals surface area contributed by atoms with Gasteiger partial charge >= 0.3 is 6.18 Å². The van der Waals surface area contributed by atoms with Crippen molar-refractivity contribution < 1.29 is 18.0 Å². The predicted molar refractivity (Wildman–Crippen MR) is 71.6 cm³/mol. The van der Waals surface area contributed by atoms with Gasteiger partial charge in [0, 0.05) is 13.1 Å². The number of hydrogen-bond donors (Lipinski definition) is 1. The van der Waals surface area contributed by atoms with E-state index in [1.807, 2.05) is 13.8 Å². The van der Waals surface area contributed by atoms with Crippen LogP contribution in [-0.2, 0) is 6.18 Å². The Hall–Kier alpha value is -1.56. The van der Waals surface area contributed by atoms with Gasteiger partial charge in [-0.2, -0.15) is 13.2 Å². The minimum absolute atomic E-state index is 0.326. The molecule has 1 rings (SSSR count). The molecule has 0 saturated heterocycles. The molecule has 1 aromatic carbocycles. The smallest absolute Gasteiger partial charge is 0.351 e. The Labute approximate surface area is 116 Å². The van der Waals surface area contributed by atoms with Gasteiger partial charge in [0.05, 0.1) is 11.1 Å². The zero-order chi connectivity index (χ0) is 15.2. The van der Waals surface area contributed by atoms with E-state index in [-0.39, 0.29) is 5.56 Å². The minimum atomic E-state index is -4.52. The molecular weight excluding hydrogens is 269 g/mol. The molecule has 6 heteroatoms. The van der Waals surface area contributed by atoms with Gasteiger partial charge in [0.25, 0.3) is 5.91 Å². The molecule has 0 aliphatic rings. The topological polar surface area (TPSA) is 32.3 Å². The van der Waals surface area contributed by atoms with Crippen LogP contribution in [0.5, 0.6) is 0 Å². The Kier molecular flexibility index (Phi) is 6.01. The SMILES string of the molecule is CCN(CC)CCNC(=O)c1ccccc1C(F)(F)F. The second kappa shape index (κ2) is 7.28. The first-order valence-electron chi connectivity index (χ1n) is 6.56. The van der Waals surface area contributed by atoms with Crippen LogP contribution in [0.2, 0.25) is 0 Å². The first-order chi connectivity index (χ1) is 9.40. The second-order valence-electron chi connectivity index (χ2n) is 4.33. The van der Waals surface area contributed by atoms with E-state index in [0.717, 1.165) is 19.2 Å². The monoisotopic (exact) mass is 288 g/mol. The molecule has 0 atom stereocenters. The summed E-state index contributed by atoms with van der Waals surface area (Å²) >= 11 is 0. The highest BCUT2D eigenvalue weighted by molar-refractivity contribution is 5.95. The molecule has 0 aromatic heterocycles. The normalized spacial score (nSPS) is 11.7. The summed E-state index contributed by atoms with van der Waals surface area (Å²) in [6, 6.07) is 4.80. The summed E-state index contributed by atoms with van der Waals surface area (Å²) in [5.41, 5.74) is -1.24. The van der Waals surface area contributed by atoms with Gasteiger partial charge in [0.2, 0.25) is 0 Å². The Balaban J connectivity index is 2.69. The van der Waals surface area contributed by atoms with Gasteiger partial charge in [-0.25, -0.2) is 0 Å². The first kappa shape index (κ1) is 16.5. The van der Waals surface area contributed by atoms with Crippen LogP contribution in [0.15, 0.2) is 24.3 Å². The summed E-state index contributed by atoms with van der Waals surface area (Å²) in [5.74, 6) is -0.690. The number of likely N-dealkylation sites (N-methyl/N-ethyl adjacent to an activating group) is 1. The standard InChI is InChI=1S/C14H19F3N2O/c1-3-19(4-2)10-9-18-13(20)11-7-5-6-8-12(11)14(15,16)17/h5-8H,3-4,9-10H2,1-2H3,(H,18,20). The van der Waals surface area contributed by atoms with Crippen LogP contribution in [0.4, 0.5) is 13.2 Å². The number of carbonyl (C=O) groups is 1. The summed E-state index contributed by atoms with van der Waals surface area (Å²) in [7, 11) is 0. The lowest BCUT2D eigenvalue weighted by Crippen LogP contribution is -2.35. The fourth-order valence-corrected chi connectivity index (χ4v) is 1.89. The van der Waals surface area contributed by atoms with Gasteiger partial charge in [-0.1, -0.05) is 26.0 Å². The van der Waals surface area contributed by atoms with Gasteiger partial charge in [-0.05, 0) is 25.2 Å². The maximum Gasteiger partial charge on any atom is 0.417 e. The number of amides is 1. The lowest BCUT2D eigenvalue weighted by atomic mass is 10.1. The Morgan fingerprint density at radius 3 is 2.35 bits per heavy atom. The number of benzene rings is 1. The Morgan fingerprint density at radius 1 is 1.20 bits per heavy atom. The van der Waals surface area contributed by atoms with Crippen LogP contribution in [0.25, 0.3) is 0 Å². The summed E-state index contributed by atoms with van der Waals surface area (Å²) in [6.07, 6.45) is -4.52. The number of hydrogen-bond acceptors (Lipinski definition) is 2. The predicted octanol–water partition coefficient (Wildman–Crippen LogP) is 2.78. The zero-order valence-electron chi connectivity index (χ0n) is 11.6. The average molecular weight is 288 g/mol. The summed E-state index contributed by atoms with van der Waals surface area (Å²) in [6.45, 7) is 6.60. The molecule has 0 aliphatic heterocycles. The van der Waals surface area contributed by atoms with Crippen LogP contribution in [-0.4, -0.2) is 37.0 Å². The third-order valence-corrected chi connectivity index (χ3v) is 3.09. The molecule has 112 valence electrons. The van der Waals surface area contributed by atoms with Gasteiger partial charge in [0.15, 0.2) is 0 Å².